The van der Waals surface area contributed by atoms with Crippen molar-refractivity contribution in [2.24, 2.45) is 0 Å². The first-order valence-electron chi connectivity index (χ1n) is 5.72. The number of aromatic nitrogens is 2. The van der Waals surface area contributed by atoms with Crippen LogP contribution in [0.15, 0.2) is 24.4 Å². The number of H-pyrrole nitrogens is 1. The molecule has 2 rings (SSSR count). The molecule has 0 fully saturated rings. The molecule has 0 bridgehead atoms. The SMILES string of the molecule is COc1cc(C(=O)NCc2cn[nH]c2C)ccc1F. The number of methoxy groups -OCH3 is 1. The van der Waals surface area contributed by atoms with Crippen molar-refractivity contribution in [3.8, 4) is 5.75 Å². The van der Waals surface area contributed by atoms with E-state index in [1.165, 1.54) is 25.3 Å². The number of ether oxygens (including phenoxy) is 1. The van der Waals surface area contributed by atoms with Crippen LogP contribution < -0.4 is 10.1 Å². The van der Waals surface area contributed by atoms with Crippen molar-refractivity contribution in [2.45, 2.75) is 13.5 Å². The number of nitrogens with one attached hydrogen (secondary N) is 2. The molecule has 0 unspecified atom stereocenters. The van der Waals surface area contributed by atoms with Crippen molar-refractivity contribution in [3.63, 3.8) is 0 Å². The van der Waals surface area contributed by atoms with Gasteiger partial charge in [0.25, 0.3) is 5.91 Å². The maximum absolute atomic E-state index is 13.2. The molecule has 2 aromatic rings. The Morgan fingerprint density at radius 2 is 2.32 bits per heavy atom. The molecule has 5 nitrogen and oxygen atoms in total. The monoisotopic (exact) mass is 263 g/mol. The second-order valence-electron chi connectivity index (χ2n) is 4.05. The normalized spacial score (nSPS) is 10.3. The van der Waals surface area contributed by atoms with Crippen LogP contribution in [0.4, 0.5) is 4.39 Å². The number of halogens is 1. The Morgan fingerprint density at radius 3 is 2.95 bits per heavy atom. The van der Waals surface area contributed by atoms with Gasteiger partial charge in [-0.3, -0.25) is 9.89 Å². The highest BCUT2D eigenvalue weighted by Gasteiger charge is 2.10. The number of nitrogens with zero attached hydrogens (tertiary/aromatic N) is 1. The van der Waals surface area contributed by atoms with E-state index in [1.54, 1.807) is 6.20 Å². The lowest BCUT2D eigenvalue weighted by Gasteiger charge is -2.07. The van der Waals surface area contributed by atoms with Crippen molar-refractivity contribution in [1.82, 2.24) is 15.5 Å². The molecule has 1 heterocycles. The van der Waals surface area contributed by atoms with E-state index >= 15 is 0 Å². The number of benzene rings is 1. The molecule has 0 aliphatic rings. The molecule has 100 valence electrons. The van der Waals surface area contributed by atoms with E-state index in [9.17, 15) is 9.18 Å². The van der Waals surface area contributed by atoms with Crippen LogP contribution >= 0.6 is 0 Å². The van der Waals surface area contributed by atoms with Gasteiger partial charge < -0.3 is 10.1 Å². The van der Waals surface area contributed by atoms with E-state index in [0.29, 0.717) is 12.1 Å². The number of carbonyl (C=O) groups excluding carboxylic acids is 1. The fourth-order valence-electron chi connectivity index (χ4n) is 1.63. The standard InChI is InChI=1S/C13H14FN3O2/c1-8-10(7-16-17-8)6-15-13(18)9-3-4-11(14)12(5-9)19-2/h3-5,7H,6H2,1-2H3,(H,15,18)(H,16,17). The lowest BCUT2D eigenvalue weighted by molar-refractivity contribution is 0.0950. The molecule has 0 radical (unpaired) electrons. The summed E-state index contributed by atoms with van der Waals surface area (Å²) in [6, 6.07) is 3.99. The first-order chi connectivity index (χ1) is 9.11. The Balaban J connectivity index is 2.06. The summed E-state index contributed by atoms with van der Waals surface area (Å²) in [7, 11) is 1.36. The van der Waals surface area contributed by atoms with Crippen LogP contribution in [0.3, 0.4) is 0 Å². The number of aromatic amines is 1. The Morgan fingerprint density at radius 1 is 1.53 bits per heavy atom. The number of rotatable bonds is 4. The summed E-state index contributed by atoms with van der Waals surface area (Å²) < 4.78 is 18.1. The summed E-state index contributed by atoms with van der Waals surface area (Å²) in [5, 5.41) is 9.39. The van der Waals surface area contributed by atoms with Gasteiger partial charge in [-0.25, -0.2) is 4.39 Å². The van der Waals surface area contributed by atoms with Gasteiger partial charge in [-0.05, 0) is 25.1 Å². The topological polar surface area (TPSA) is 67.0 Å². The van der Waals surface area contributed by atoms with Gasteiger partial charge in [-0.1, -0.05) is 0 Å². The number of aryl methyl sites for hydroxylation is 1. The number of carbonyl (C=O) groups is 1. The molecule has 0 atom stereocenters. The van der Waals surface area contributed by atoms with Crippen molar-refractivity contribution in [2.75, 3.05) is 7.11 Å². The summed E-state index contributed by atoms with van der Waals surface area (Å²) in [6.45, 7) is 2.23. The smallest absolute Gasteiger partial charge is 0.251 e. The van der Waals surface area contributed by atoms with Crippen LogP contribution in [-0.4, -0.2) is 23.2 Å². The van der Waals surface area contributed by atoms with Crippen LogP contribution in [0, 0.1) is 12.7 Å². The summed E-state index contributed by atoms with van der Waals surface area (Å²) in [4.78, 5) is 11.9. The molecule has 19 heavy (non-hydrogen) atoms. The average molecular weight is 263 g/mol. The van der Waals surface area contributed by atoms with E-state index in [2.05, 4.69) is 15.5 Å². The molecule has 1 amide bonds. The van der Waals surface area contributed by atoms with Gasteiger partial charge in [-0.2, -0.15) is 5.10 Å². The molecule has 0 saturated carbocycles. The fourth-order valence-corrected chi connectivity index (χ4v) is 1.63. The van der Waals surface area contributed by atoms with Gasteiger partial charge in [0, 0.05) is 23.4 Å². The van der Waals surface area contributed by atoms with Crippen LogP contribution in [0.25, 0.3) is 0 Å². The van der Waals surface area contributed by atoms with Crippen LogP contribution in [-0.2, 0) is 6.54 Å². The van der Waals surface area contributed by atoms with Crippen LogP contribution in [0.2, 0.25) is 0 Å². The highest BCUT2D eigenvalue weighted by molar-refractivity contribution is 5.94. The van der Waals surface area contributed by atoms with E-state index in [-0.39, 0.29) is 11.7 Å². The predicted octanol–water partition coefficient (Wildman–Crippen LogP) is 1.80. The average Bonchev–Trinajstić information content (AvgIpc) is 2.82. The molecule has 0 spiro atoms. The molecule has 2 N–H and O–H groups in total. The molecular weight excluding hydrogens is 249 g/mol. The molecule has 1 aromatic carbocycles. The first-order valence-corrected chi connectivity index (χ1v) is 5.72. The van der Waals surface area contributed by atoms with E-state index in [1.807, 2.05) is 6.92 Å². The van der Waals surface area contributed by atoms with Gasteiger partial charge in [0.15, 0.2) is 11.6 Å². The lowest BCUT2D eigenvalue weighted by atomic mass is 10.2. The predicted molar refractivity (Wildman–Crippen MR) is 67.4 cm³/mol. The minimum Gasteiger partial charge on any atom is -0.494 e. The molecule has 0 saturated heterocycles. The molecule has 0 aliphatic heterocycles. The van der Waals surface area contributed by atoms with Gasteiger partial charge in [0.1, 0.15) is 0 Å². The Hall–Kier alpha value is -2.37. The second-order valence-corrected chi connectivity index (χ2v) is 4.05. The minimum atomic E-state index is -0.496. The van der Waals surface area contributed by atoms with Gasteiger partial charge in [-0.15, -0.1) is 0 Å². The third kappa shape index (κ3) is 2.90. The zero-order valence-corrected chi connectivity index (χ0v) is 10.7. The first kappa shape index (κ1) is 13.1. The summed E-state index contributed by atoms with van der Waals surface area (Å²) in [5.41, 5.74) is 2.15. The Kier molecular flexibility index (Phi) is 3.79. The Bertz CT molecular complexity index is 595. The second kappa shape index (κ2) is 5.51. The van der Waals surface area contributed by atoms with Crippen LogP contribution in [0.5, 0.6) is 5.75 Å². The molecule has 1 aromatic heterocycles. The van der Waals surface area contributed by atoms with Crippen molar-refractivity contribution in [3.05, 3.63) is 47.0 Å². The van der Waals surface area contributed by atoms with Crippen molar-refractivity contribution < 1.29 is 13.9 Å². The number of amides is 1. The van der Waals surface area contributed by atoms with Crippen molar-refractivity contribution >= 4 is 5.91 Å². The summed E-state index contributed by atoms with van der Waals surface area (Å²) in [5.74, 6) is -0.740. The zero-order valence-electron chi connectivity index (χ0n) is 10.7. The summed E-state index contributed by atoms with van der Waals surface area (Å²) >= 11 is 0. The van der Waals surface area contributed by atoms with Gasteiger partial charge >= 0.3 is 0 Å². The van der Waals surface area contributed by atoms with Crippen molar-refractivity contribution in [1.29, 1.82) is 0 Å². The molecule has 6 heteroatoms. The largest absolute Gasteiger partial charge is 0.494 e. The molecular formula is C13H14FN3O2. The minimum absolute atomic E-state index is 0.0483. The van der Waals surface area contributed by atoms with Gasteiger partial charge in [0.2, 0.25) is 0 Å². The Labute approximate surface area is 109 Å². The van der Waals surface area contributed by atoms with E-state index in [0.717, 1.165) is 11.3 Å². The maximum Gasteiger partial charge on any atom is 0.251 e. The highest BCUT2D eigenvalue weighted by atomic mass is 19.1. The van der Waals surface area contributed by atoms with Crippen LogP contribution in [0.1, 0.15) is 21.6 Å². The number of hydrogen-bond donors (Lipinski definition) is 2. The number of hydrogen-bond acceptors (Lipinski definition) is 3. The maximum atomic E-state index is 13.2. The highest BCUT2D eigenvalue weighted by Crippen LogP contribution is 2.18. The van der Waals surface area contributed by atoms with Gasteiger partial charge in [0.05, 0.1) is 13.3 Å². The third-order valence-electron chi connectivity index (χ3n) is 2.79. The zero-order chi connectivity index (χ0) is 13.8. The third-order valence-corrected chi connectivity index (χ3v) is 2.79. The molecule has 0 aliphatic carbocycles. The van der Waals surface area contributed by atoms with E-state index < -0.39 is 5.82 Å². The quantitative estimate of drug-likeness (QED) is 0.883. The summed E-state index contributed by atoms with van der Waals surface area (Å²) in [6.07, 6.45) is 1.65. The fraction of sp³-hybridized carbons (Fsp3) is 0.231. The lowest BCUT2D eigenvalue weighted by Crippen LogP contribution is -2.23. The van der Waals surface area contributed by atoms with E-state index in [4.69, 9.17) is 4.74 Å².